The molecule has 0 bridgehead atoms. The molecule has 4 aromatic heterocycles. The minimum absolute atomic E-state index is 0.554. The van der Waals surface area contributed by atoms with Gasteiger partial charge in [-0.25, -0.2) is 19.9 Å². The second-order valence-electron chi connectivity index (χ2n) is 5.37. The first-order valence-corrected chi connectivity index (χ1v) is 8.62. The quantitative estimate of drug-likeness (QED) is 0.441. The highest BCUT2D eigenvalue weighted by molar-refractivity contribution is 5.77. The van der Waals surface area contributed by atoms with Gasteiger partial charge in [0.05, 0.1) is 5.52 Å². The van der Waals surface area contributed by atoms with Gasteiger partial charge in [0.1, 0.15) is 0 Å². The minimum atomic E-state index is 0.554. The van der Waals surface area contributed by atoms with Gasteiger partial charge in [-0.2, -0.15) is 0 Å². The molecular weight excluding hydrogens is 348 g/mol. The Morgan fingerprint density at radius 1 is 0.393 bits per heavy atom. The lowest BCUT2D eigenvalue weighted by Gasteiger charge is -1.93. The molecule has 0 radical (unpaired) electrons. The number of pyridine rings is 2. The second kappa shape index (κ2) is 10.8. The van der Waals surface area contributed by atoms with Crippen molar-refractivity contribution >= 4 is 10.9 Å². The summed E-state index contributed by atoms with van der Waals surface area (Å²) >= 11 is 0. The maximum atomic E-state index is 4.18. The Morgan fingerprint density at radius 3 is 1.43 bits per heavy atom. The molecule has 136 valence electrons. The van der Waals surface area contributed by atoms with Gasteiger partial charge in [0, 0.05) is 48.8 Å². The summed E-state index contributed by atoms with van der Waals surface area (Å²) in [6.07, 6.45) is 12.0. The number of nitrogens with zero attached hydrogens (tertiary/aromatic N) is 6. The van der Waals surface area contributed by atoms with Crippen molar-refractivity contribution in [3.63, 3.8) is 0 Å². The topological polar surface area (TPSA) is 77.3 Å². The summed E-state index contributed by atoms with van der Waals surface area (Å²) in [6, 6.07) is 21.3. The number of hydrogen-bond donors (Lipinski definition) is 0. The molecule has 6 heteroatoms. The largest absolute Gasteiger partial charge is 0.265 e. The highest BCUT2D eigenvalue weighted by Gasteiger charge is 1.99. The van der Waals surface area contributed by atoms with E-state index in [1.165, 1.54) is 5.39 Å². The molecule has 6 nitrogen and oxygen atoms in total. The molecule has 5 rings (SSSR count). The van der Waals surface area contributed by atoms with Crippen LogP contribution in [0.25, 0.3) is 22.6 Å². The van der Waals surface area contributed by atoms with Crippen LogP contribution in [0.1, 0.15) is 0 Å². The first-order chi connectivity index (χ1) is 13.9. The summed E-state index contributed by atoms with van der Waals surface area (Å²) in [7, 11) is 0. The Balaban J connectivity index is 0.000000127. The van der Waals surface area contributed by atoms with E-state index < -0.39 is 0 Å². The Morgan fingerprint density at radius 2 is 0.929 bits per heavy atom. The van der Waals surface area contributed by atoms with Gasteiger partial charge in [0.2, 0.25) is 0 Å². The number of hydrogen-bond acceptors (Lipinski definition) is 6. The molecule has 0 amide bonds. The number of para-hydroxylation sites is 1. The van der Waals surface area contributed by atoms with Crippen LogP contribution in [0.5, 0.6) is 0 Å². The van der Waals surface area contributed by atoms with E-state index in [-0.39, 0.29) is 0 Å². The Labute approximate surface area is 163 Å². The smallest absolute Gasteiger partial charge is 0.197 e. The maximum absolute atomic E-state index is 4.18. The van der Waals surface area contributed by atoms with Crippen LogP contribution in [0.2, 0.25) is 0 Å². The van der Waals surface area contributed by atoms with Crippen LogP contribution in [0.3, 0.4) is 0 Å². The molecule has 0 fully saturated rings. The normalized spacial score (nSPS) is 9.43. The number of aromatic nitrogens is 6. The van der Waals surface area contributed by atoms with E-state index in [0.717, 1.165) is 5.52 Å². The lowest BCUT2D eigenvalue weighted by Crippen LogP contribution is -1.91. The van der Waals surface area contributed by atoms with Crippen molar-refractivity contribution in [1.82, 2.24) is 29.9 Å². The third-order valence-electron chi connectivity index (χ3n) is 3.41. The van der Waals surface area contributed by atoms with Crippen molar-refractivity contribution in [1.29, 1.82) is 0 Å². The van der Waals surface area contributed by atoms with Gasteiger partial charge in [-0.1, -0.05) is 30.3 Å². The summed E-state index contributed by atoms with van der Waals surface area (Å²) in [5.74, 6) is 1.11. The molecule has 0 saturated carbocycles. The van der Waals surface area contributed by atoms with Gasteiger partial charge >= 0.3 is 0 Å². The van der Waals surface area contributed by atoms with Crippen molar-refractivity contribution in [2.45, 2.75) is 0 Å². The standard InChI is InChI=1S/C9H7N.C8H6N4.C5H5N/c1-2-6-9-8(4-1)5-3-7-10-9;1-3-9-7(10-4-1)8-11-5-2-6-12-8;1-2-4-6-5-3-1/h1-7H;1-6H;1-5H. The lowest BCUT2D eigenvalue weighted by molar-refractivity contribution is 1.08. The SMILES string of the molecule is c1ccc2ncccc2c1.c1ccncc1.c1cnc(-c2ncccn2)nc1. The van der Waals surface area contributed by atoms with E-state index in [1.54, 1.807) is 49.3 Å². The van der Waals surface area contributed by atoms with Gasteiger partial charge in [-0.05, 0) is 36.4 Å². The minimum Gasteiger partial charge on any atom is -0.265 e. The van der Waals surface area contributed by atoms with Crippen molar-refractivity contribution in [3.8, 4) is 11.6 Å². The first-order valence-electron chi connectivity index (χ1n) is 8.62. The van der Waals surface area contributed by atoms with Gasteiger partial charge < -0.3 is 0 Å². The summed E-state index contributed by atoms with van der Waals surface area (Å²) in [6.45, 7) is 0. The molecule has 4 heterocycles. The van der Waals surface area contributed by atoms with Crippen molar-refractivity contribution in [3.05, 3.63) is 110 Å². The van der Waals surface area contributed by atoms with Gasteiger partial charge in [0.25, 0.3) is 0 Å². The van der Waals surface area contributed by atoms with Crippen LogP contribution in [0.15, 0.2) is 110 Å². The Kier molecular flexibility index (Phi) is 7.24. The highest BCUT2D eigenvalue weighted by Crippen LogP contribution is 2.08. The summed E-state index contributed by atoms with van der Waals surface area (Å²) in [5.41, 5.74) is 1.06. The zero-order valence-corrected chi connectivity index (χ0v) is 15.1. The predicted molar refractivity (Wildman–Crippen MR) is 109 cm³/mol. The summed E-state index contributed by atoms with van der Waals surface area (Å²) in [4.78, 5) is 24.0. The van der Waals surface area contributed by atoms with E-state index in [4.69, 9.17) is 0 Å². The predicted octanol–water partition coefficient (Wildman–Crippen LogP) is 4.25. The monoisotopic (exact) mass is 366 g/mol. The molecule has 0 N–H and O–H groups in total. The number of benzene rings is 1. The molecule has 0 saturated heterocycles. The fourth-order valence-electron chi connectivity index (χ4n) is 2.16. The molecular formula is C22H18N6. The van der Waals surface area contributed by atoms with Crippen LogP contribution in [-0.4, -0.2) is 29.9 Å². The van der Waals surface area contributed by atoms with E-state index in [0.29, 0.717) is 11.6 Å². The van der Waals surface area contributed by atoms with E-state index in [1.807, 2.05) is 48.7 Å². The van der Waals surface area contributed by atoms with Crippen LogP contribution in [0.4, 0.5) is 0 Å². The zero-order chi connectivity index (χ0) is 19.3. The number of fused-ring (bicyclic) bond motifs is 1. The maximum Gasteiger partial charge on any atom is 0.197 e. The zero-order valence-electron chi connectivity index (χ0n) is 15.1. The molecule has 0 aliphatic rings. The third kappa shape index (κ3) is 6.03. The lowest BCUT2D eigenvalue weighted by atomic mass is 10.2. The van der Waals surface area contributed by atoms with Crippen molar-refractivity contribution in [2.24, 2.45) is 0 Å². The fraction of sp³-hybridized carbons (Fsp3) is 0. The van der Waals surface area contributed by atoms with Crippen LogP contribution < -0.4 is 0 Å². The third-order valence-corrected chi connectivity index (χ3v) is 3.41. The molecule has 0 unspecified atom stereocenters. The molecule has 1 aromatic carbocycles. The highest BCUT2D eigenvalue weighted by atomic mass is 15.0. The Hall–Kier alpha value is -4.06. The summed E-state index contributed by atoms with van der Waals surface area (Å²) in [5, 5.41) is 1.20. The fourth-order valence-corrected chi connectivity index (χ4v) is 2.16. The molecule has 0 spiro atoms. The van der Waals surface area contributed by atoms with Gasteiger partial charge in [-0.15, -0.1) is 0 Å². The number of rotatable bonds is 1. The van der Waals surface area contributed by atoms with E-state index in [9.17, 15) is 0 Å². The van der Waals surface area contributed by atoms with Crippen LogP contribution >= 0.6 is 0 Å². The Bertz CT molecular complexity index is 927. The second-order valence-corrected chi connectivity index (χ2v) is 5.37. The van der Waals surface area contributed by atoms with E-state index in [2.05, 4.69) is 42.0 Å². The average Bonchev–Trinajstić information content (AvgIpc) is 2.82. The van der Waals surface area contributed by atoms with Crippen LogP contribution in [-0.2, 0) is 0 Å². The van der Waals surface area contributed by atoms with Gasteiger partial charge in [0.15, 0.2) is 11.6 Å². The molecule has 0 aliphatic heterocycles. The van der Waals surface area contributed by atoms with E-state index >= 15 is 0 Å². The molecule has 28 heavy (non-hydrogen) atoms. The molecule has 5 aromatic rings. The molecule has 0 aliphatic carbocycles. The van der Waals surface area contributed by atoms with Crippen LogP contribution in [0, 0.1) is 0 Å². The average molecular weight is 366 g/mol. The first kappa shape index (κ1) is 18.7. The van der Waals surface area contributed by atoms with Crippen molar-refractivity contribution in [2.75, 3.05) is 0 Å². The van der Waals surface area contributed by atoms with Crippen molar-refractivity contribution < 1.29 is 0 Å². The molecule has 0 atom stereocenters. The summed E-state index contributed by atoms with van der Waals surface area (Å²) < 4.78 is 0. The van der Waals surface area contributed by atoms with Gasteiger partial charge in [-0.3, -0.25) is 9.97 Å².